The Morgan fingerprint density at radius 3 is 2.67 bits per heavy atom. The molecule has 33 heavy (non-hydrogen) atoms. The second-order valence-electron chi connectivity index (χ2n) is 7.39. The zero-order chi connectivity index (χ0) is 23.4. The van der Waals surface area contributed by atoms with Gasteiger partial charge < -0.3 is 14.8 Å². The summed E-state index contributed by atoms with van der Waals surface area (Å²) >= 11 is 0. The van der Waals surface area contributed by atoms with Gasteiger partial charge in [0.05, 0.1) is 30.9 Å². The van der Waals surface area contributed by atoms with Crippen molar-refractivity contribution >= 4 is 21.6 Å². The van der Waals surface area contributed by atoms with Crippen molar-refractivity contribution in [2.24, 2.45) is 0 Å². The number of hydrogen-bond acceptors (Lipinski definition) is 8. The third-order valence-corrected chi connectivity index (χ3v) is 7.07. The molecule has 2 aromatic carbocycles. The average molecular weight is 473 g/mol. The number of aromatic nitrogens is 4. The van der Waals surface area contributed by atoms with Crippen LogP contribution in [-0.2, 0) is 26.1 Å². The third kappa shape index (κ3) is 5.02. The van der Waals surface area contributed by atoms with Crippen molar-refractivity contribution in [3.05, 3.63) is 48.0 Å². The lowest BCUT2D eigenvalue weighted by atomic mass is 10.1. The van der Waals surface area contributed by atoms with Gasteiger partial charge in [0.15, 0.2) is 0 Å². The summed E-state index contributed by atoms with van der Waals surface area (Å²) in [6.07, 6.45) is 0. The Bertz CT molecular complexity index is 1250. The molecular weight excluding hydrogens is 448 g/mol. The Hall–Kier alpha value is -3.35. The standard InChI is InChI=1S/C21H24N6O5S/c1-15-5-3-4-6-17(15)21-23-25-27(24-21)14-20(28)22-18-13-16(7-8-19(18)31-2)33(29,30)26-9-11-32-12-10-26/h3-8,13H,9-12,14H2,1-2H3,(H,22,28). The molecule has 174 valence electrons. The van der Waals surface area contributed by atoms with Gasteiger partial charge in [0.2, 0.25) is 21.8 Å². The number of carbonyl (C=O) groups is 1. The van der Waals surface area contributed by atoms with Crippen LogP contribution >= 0.6 is 0 Å². The van der Waals surface area contributed by atoms with Crippen LogP contribution < -0.4 is 10.1 Å². The van der Waals surface area contributed by atoms with E-state index in [2.05, 4.69) is 20.7 Å². The number of anilines is 1. The molecule has 3 aromatic rings. The number of morpholine rings is 1. The summed E-state index contributed by atoms with van der Waals surface area (Å²) in [5.74, 6) is 0.288. The summed E-state index contributed by atoms with van der Waals surface area (Å²) in [5.41, 5.74) is 2.05. The molecule has 0 bridgehead atoms. The molecule has 1 fully saturated rings. The zero-order valence-electron chi connectivity index (χ0n) is 18.3. The van der Waals surface area contributed by atoms with Crippen LogP contribution in [0.25, 0.3) is 11.4 Å². The van der Waals surface area contributed by atoms with Gasteiger partial charge in [-0.1, -0.05) is 24.3 Å². The van der Waals surface area contributed by atoms with E-state index >= 15 is 0 Å². The number of hydrogen-bond donors (Lipinski definition) is 1. The predicted molar refractivity (Wildman–Crippen MR) is 119 cm³/mol. The highest BCUT2D eigenvalue weighted by Gasteiger charge is 2.27. The van der Waals surface area contributed by atoms with Gasteiger partial charge in [0, 0.05) is 18.7 Å². The highest BCUT2D eigenvalue weighted by Crippen LogP contribution is 2.29. The number of amides is 1. The summed E-state index contributed by atoms with van der Waals surface area (Å²) in [6.45, 7) is 2.96. The number of nitrogens with one attached hydrogen (secondary N) is 1. The maximum atomic E-state index is 13.0. The summed E-state index contributed by atoms with van der Waals surface area (Å²) in [4.78, 5) is 13.9. The van der Waals surface area contributed by atoms with Gasteiger partial charge in [-0.05, 0) is 35.9 Å². The molecule has 1 aromatic heterocycles. The van der Waals surface area contributed by atoms with E-state index in [0.29, 0.717) is 24.8 Å². The first-order valence-electron chi connectivity index (χ1n) is 10.3. The summed E-state index contributed by atoms with van der Waals surface area (Å²) in [5, 5.41) is 14.9. The number of ether oxygens (including phenoxy) is 2. The Labute approximate surface area is 191 Å². The topological polar surface area (TPSA) is 129 Å². The van der Waals surface area contributed by atoms with Crippen molar-refractivity contribution < 1.29 is 22.7 Å². The minimum atomic E-state index is -3.73. The van der Waals surface area contributed by atoms with Crippen LogP contribution in [0.4, 0.5) is 5.69 Å². The number of benzene rings is 2. The molecule has 4 rings (SSSR count). The molecule has 0 radical (unpaired) electrons. The molecule has 1 aliphatic heterocycles. The number of tetrazole rings is 1. The van der Waals surface area contributed by atoms with Crippen molar-refractivity contribution in [1.82, 2.24) is 24.5 Å². The molecular formula is C21H24N6O5S. The zero-order valence-corrected chi connectivity index (χ0v) is 19.1. The Kier molecular flexibility index (Phi) is 6.67. The van der Waals surface area contributed by atoms with E-state index in [-0.39, 0.29) is 30.2 Å². The van der Waals surface area contributed by atoms with E-state index in [9.17, 15) is 13.2 Å². The Morgan fingerprint density at radius 2 is 1.94 bits per heavy atom. The van der Waals surface area contributed by atoms with Crippen LogP contribution in [0.3, 0.4) is 0 Å². The average Bonchev–Trinajstić information content (AvgIpc) is 3.27. The van der Waals surface area contributed by atoms with E-state index in [0.717, 1.165) is 11.1 Å². The first-order valence-corrected chi connectivity index (χ1v) is 11.7. The highest BCUT2D eigenvalue weighted by molar-refractivity contribution is 7.89. The number of methoxy groups -OCH3 is 1. The predicted octanol–water partition coefficient (Wildman–Crippen LogP) is 1.32. The number of sulfonamides is 1. The minimum Gasteiger partial charge on any atom is -0.495 e. The van der Waals surface area contributed by atoms with Gasteiger partial charge >= 0.3 is 0 Å². The van der Waals surface area contributed by atoms with Crippen molar-refractivity contribution in [2.75, 3.05) is 38.7 Å². The van der Waals surface area contributed by atoms with E-state index in [1.807, 2.05) is 31.2 Å². The van der Waals surface area contributed by atoms with Crippen LogP contribution in [0.1, 0.15) is 5.56 Å². The largest absolute Gasteiger partial charge is 0.495 e. The minimum absolute atomic E-state index is 0.0567. The number of aryl methyl sites for hydroxylation is 1. The molecule has 11 nitrogen and oxygen atoms in total. The highest BCUT2D eigenvalue weighted by atomic mass is 32.2. The molecule has 1 amide bonds. The molecule has 1 aliphatic rings. The molecule has 2 heterocycles. The van der Waals surface area contributed by atoms with Crippen molar-refractivity contribution in [3.8, 4) is 17.1 Å². The lowest BCUT2D eigenvalue weighted by Gasteiger charge is -2.26. The fourth-order valence-electron chi connectivity index (χ4n) is 3.44. The van der Waals surface area contributed by atoms with E-state index < -0.39 is 15.9 Å². The lowest BCUT2D eigenvalue weighted by Crippen LogP contribution is -2.40. The van der Waals surface area contributed by atoms with Crippen LogP contribution in [0.15, 0.2) is 47.4 Å². The SMILES string of the molecule is COc1ccc(S(=O)(=O)N2CCOCC2)cc1NC(=O)Cn1nnc(-c2ccccc2C)n1. The van der Waals surface area contributed by atoms with Gasteiger partial charge in [-0.2, -0.15) is 9.10 Å². The number of carbonyl (C=O) groups excluding carboxylic acids is 1. The van der Waals surface area contributed by atoms with Crippen molar-refractivity contribution in [1.29, 1.82) is 0 Å². The Morgan fingerprint density at radius 1 is 1.18 bits per heavy atom. The van der Waals surface area contributed by atoms with Gasteiger partial charge in [0.25, 0.3) is 0 Å². The van der Waals surface area contributed by atoms with Crippen molar-refractivity contribution in [3.63, 3.8) is 0 Å². The van der Waals surface area contributed by atoms with Crippen LogP contribution in [0.2, 0.25) is 0 Å². The number of rotatable bonds is 7. The van der Waals surface area contributed by atoms with Crippen LogP contribution in [-0.4, -0.2) is 72.3 Å². The molecule has 0 unspecified atom stereocenters. The maximum Gasteiger partial charge on any atom is 0.248 e. The molecule has 12 heteroatoms. The second kappa shape index (κ2) is 9.65. The van der Waals surface area contributed by atoms with E-state index in [1.54, 1.807) is 0 Å². The molecule has 0 spiro atoms. The summed E-state index contributed by atoms with van der Waals surface area (Å²) in [6, 6.07) is 11.9. The van der Waals surface area contributed by atoms with Crippen LogP contribution in [0.5, 0.6) is 5.75 Å². The van der Waals surface area contributed by atoms with Crippen LogP contribution in [0, 0.1) is 6.92 Å². The molecule has 0 atom stereocenters. The fraction of sp³-hybridized carbons (Fsp3) is 0.333. The van der Waals surface area contributed by atoms with Gasteiger partial charge in [-0.3, -0.25) is 4.79 Å². The van der Waals surface area contributed by atoms with E-state index in [4.69, 9.17) is 9.47 Å². The first kappa shape index (κ1) is 22.8. The number of nitrogens with zero attached hydrogens (tertiary/aromatic N) is 5. The summed E-state index contributed by atoms with van der Waals surface area (Å²) in [7, 11) is -2.29. The molecule has 0 aliphatic carbocycles. The quantitative estimate of drug-likeness (QED) is 0.545. The second-order valence-corrected chi connectivity index (χ2v) is 9.32. The van der Waals surface area contributed by atoms with Gasteiger partial charge in [0.1, 0.15) is 12.3 Å². The molecule has 0 saturated carbocycles. The summed E-state index contributed by atoms with van der Waals surface area (Å²) < 4.78 is 37.8. The lowest BCUT2D eigenvalue weighted by molar-refractivity contribution is -0.117. The first-order chi connectivity index (χ1) is 15.9. The molecule has 1 N–H and O–H groups in total. The van der Waals surface area contributed by atoms with Gasteiger partial charge in [-0.25, -0.2) is 8.42 Å². The smallest absolute Gasteiger partial charge is 0.248 e. The molecule has 1 saturated heterocycles. The van der Waals surface area contributed by atoms with E-state index in [1.165, 1.54) is 34.4 Å². The van der Waals surface area contributed by atoms with Crippen molar-refractivity contribution in [2.45, 2.75) is 18.4 Å². The monoisotopic (exact) mass is 472 g/mol. The normalized spacial score (nSPS) is 14.7. The maximum absolute atomic E-state index is 13.0. The third-order valence-electron chi connectivity index (χ3n) is 5.18. The Balaban J connectivity index is 1.51. The van der Waals surface area contributed by atoms with Gasteiger partial charge in [-0.15, -0.1) is 10.2 Å². The fourth-order valence-corrected chi connectivity index (χ4v) is 4.88.